The van der Waals surface area contributed by atoms with Crippen molar-refractivity contribution >= 4 is 5.91 Å². The molecule has 0 aliphatic heterocycles. The van der Waals surface area contributed by atoms with E-state index in [1.54, 1.807) is 13.0 Å². The van der Waals surface area contributed by atoms with Gasteiger partial charge in [-0.2, -0.15) is 5.10 Å². The molecule has 1 unspecified atom stereocenters. The number of aliphatic hydroxyl groups is 1. The third-order valence-electron chi connectivity index (χ3n) is 3.73. The molecule has 0 saturated heterocycles. The molecule has 0 spiro atoms. The number of aromatic nitrogens is 2. The zero-order chi connectivity index (χ0) is 16.9. The fourth-order valence-corrected chi connectivity index (χ4v) is 2.70. The molecule has 0 radical (unpaired) electrons. The van der Waals surface area contributed by atoms with Gasteiger partial charge in [0.25, 0.3) is 5.91 Å². The van der Waals surface area contributed by atoms with Crippen LogP contribution in [0.25, 0.3) is 0 Å². The maximum atomic E-state index is 12.2. The second-order valence-corrected chi connectivity index (χ2v) is 6.50. The van der Waals surface area contributed by atoms with Gasteiger partial charge in [0.05, 0.1) is 11.6 Å². The number of likely N-dealkylation sites (N-methyl/N-ethyl adjacent to an activating group) is 1. The number of carbonyl (C=O) groups excluding carboxylic acids is 1. The molecular weight excluding hydrogens is 280 g/mol. The minimum Gasteiger partial charge on any atom is -0.387 e. The molecule has 0 aliphatic carbocycles. The first-order valence-electron chi connectivity index (χ1n) is 7.91. The smallest absolute Gasteiger partial charge is 0.271 e. The van der Waals surface area contributed by atoms with E-state index in [0.29, 0.717) is 18.3 Å². The van der Waals surface area contributed by atoms with Crippen LogP contribution in [0.1, 0.15) is 55.8 Å². The van der Waals surface area contributed by atoms with Crippen LogP contribution in [-0.4, -0.2) is 58.5 Å². The van der Waals surface area contributed by atoms with Crippen LogP contribution in [0.3, 0.4) is 0 Å². The average Bonchev–Trinajstić information content (AvgIpc) is 2.79. The van der Waals surface area contributed by atoms with Crippen LogP contribution in [0.5, 0.6) is 0 Å². The molecule has 0 aliphatic rings. The summed E-state index contributed by atoms with van der Waals surface area (Å²) in [5.41, 5.74) is 0.426. The Morgan fingerprint density at radius 2 is 2.05 bits per heavy atom. The molecule has 0 aromatic carbocycles. The summed E-state index contributed by atoms with van der Waals surface area (Å²) < 4.78 is 1.92. The summed E-state index contributed by atoms with van der Waals surface area (Å²) in [6.07, 6.45) is 1.97. The Morgan fingerprint density at radius 1 is 1.45 bits per heavy atom. The van der Waals surface area contributed by atoms with Crippen molar-refractivity contribution < 1.29 is 9.90 Å². The van der Waals surface area contributed by atoms with E-state index < -0.39 is 5.60 Å². The summed E-state index contributed by atoms with van der Waals surface area (Å²) in [7, 11) is 3.77. The Balaban J connectivity index is 2.73. The van der Waals surface area contributed by atoms with Crippen LogP contribution < -0.4 is 5.32 Å². The van der Waals surface area contributed by atoms with Gasteiger partial charge < -0.3 is 15.3 Å². The lowest BCUT2D eigenvalue weighted by Gasteiger charge is -2.26. The molecule has 1 aromatic heterocycles. The second-order valence-electron chi connectivity index (χ2n) is 6.50. The van der Waals surface area contributed by atoms with Crippen LogP contribution in [0.15, 0.2) is 6.07 Å². The zero-order valence-electron chi connectivity index (χ0n) is 14.7. The van der Waals surface area contributed by atoms with E-state index in [2.05, 4.69) is 24.3 Å². The van der Waals surface area contributed by atoms with E-state index in [0.717, 1.165) is 18.5 Å². The molecule has 126 valence electrons. The number of nitrogens with zero attached hydrogens (tertiary/aromatic N) is 3. The number of carbonyl (C=O) groups is 1. The molecule has 1 atom stereocenters. The summed E-state index contributed by atoms with van der Waals surface area (Å²) in [6, 6.07) is 2.12. The molecule has 1 amide bonds. The maximum Gasteiger partial charge on any atom is 0.271 e. The summed E-state index contributed by atoms with van der Waals surface area (Å²) in [5.74, 6) is -0.244. The molecule has 0 saturated carbocycles. The Morgan fingerprint density at radius 3 is 2.55 bits per heavy atom. The summed E-state index contributed by atoms with van der Waals surface area (Å²) in [5, 5.41) is 17.4. The quantitative estimate of drug-likeness (QED) is 0.765. The number of amides is 1. The number of rotatable bonds is 8. The van der Waals surface area contributed by atoms with Gasteiger partial charge in [-0.15, -0.1) is 0 Å². The Bertz CT molecular complexity index is 490. The van der Waals surface area contributed by atoms with Gasteiger partial charge in [0, 0.05) is 18.8 Å². The van der Waals surface area contributed by atoms with Crippen molar-refractivity contribution in [3.05, 3.63) is 17.5 Å². The molecular formula is C16H30N4O2. The molecule has 1 aromatic rings. The molecule has 0 fully saturated rings. The lowest BCUT2D eigenvalue weighted by Crippen LogP contribution is -2.47. The molecule has 1 rings (SSSR count). The topological polar surface area (TPSA) is 70.4 Å². The van der Waals surface area contributed by atoms with Crippen molar-refractivity contribution in [2.24, 2.45) is 0 Å². The second kappa shape index (κ2) is 7.74. The number of hydrogen-bond acceptors (Lipinski definition) is 4. The van der Waals surface area contributed by atoms with Crippen LogP contribution in [-0.2, 0) is 0 Å². The minimum atomic E-state index is -0.966. The van der Waals surface area contributed by atoms with Gasteiger partial charge in [0.1, 0.15) is 5.69 Å². The average molecular weight is 310 g/mol. The molecule has 6 heteroatoms. The van der Waals surface area contributed by atoms with Crippen LogP contribution >= 0.6 is 0 Å². The van der Waals surface area contributed by atoms with E-state index in [4.69, 9.17) is 0 Å². The SMILES string of the molecule is CCC(CC)n1nc(C(=O)NCC(C)(O)CN(C)C)cc1C. The maximum absolute atomic E-state index is 12.2. The Labute approximate surface area is 133 Å². The Hall–Kier alpha value is -1.40. The predicted molar refractivity (Wildman–Crippen MR) is 88.1 cm³/mol. The summed E-state index contributed by atoms with van der Waals surface area (Å²) in [4.78, 5) is 14.1. The molecule has 0 bridgehead atoms. The van der Waals surface area contributed by atoms with Crippen LogP contribution in [0, 0.1) is 6.92 Å². The normalized spacial score (nSPS) is 14.4. The molecule has 1 heterocycles. The van der Waals surface area contributed by atoms with Crippen molar-refractivity contribution in [3.8, 4) is 0 Å². The molecule has 2 N–H and O–H groups in total. The minimum absolute atomic E-state index is 0.195. The van der Waals surface area contributed by atoms with Gasteiger partial charge in [0.2, 0.25) is 0 Å². The van der Waals surface area contributed by atoms with E-state index in [-0.39, 0.29) is 12.5 Å². The zero-order valence-corrected chi connectivity index (χ0v) is 14.7. The van der Waals surface area contributed by atoms with E-state index in [1.807, 2.05) is 30.6 Å². The predicted octanol–water partition coefficient (Wildman–Crippen LogP) is 1.60. The standard InChI is InChI=1S/C16H30N4O2/c1-7-13(8-2)20-12(3)9-14(18-20)15(21)17-10-16(4,22)11-19(5)6/h9,13,22H,7-8,10-11H2,1-6H3,(H,17,21). The first kappa shape index (κ1) is 18.6. The van der Waals surface area contributed by atoms with Crippen molar-refractivity contribution in [3.63, 3.8) is 0 Å². The van der Waals surface area contributed by atoms with Gasteiger partial charge in [0.15, 0.2) is 0 Å². The lowest BCUT2D eigenvalue weighted by molar-refractivity contribution is 0.0325. The summed E-state index contributed by atoms with van der Waals surface area (Å²) >= 11 is 0. The first-order valence-corrected chi connectivity index (χ1v) is 7.91. The van der Waals surface area contributed by atoms with E-state index in [1.165, 1.54) is 0 Å². The fourth-order valence-electron chi connectivity index (χ4n) is 2.70. The van der Waals surface area contributed by atoms with Crippen molar-refractivity contribution in [1.29, 1.82) is 0 Å². The highest BCUT2D eigenvalue weighted by Crippen LogP contribution is 2.18. The van der Waals surface area contributed by atoms with Crippen LogP contribution in [0.4, 0.5) is 0 Å². The third-order valence-corrected chi connectivity index (χ3v) is 3.73. The van der Waals surface area contributed by atoms with Gasteiger partial charge >= 0.3 is 0 Å². The van der Waals surface area contributed by atoms with Gasteiger partial charge in [-0.3, -0.25) is 9.48 Å². The van der Waals surface area contributed by atoms with Crippen molar-refractivity contribution in [2.45, 2.75) is 52.2 Å². The van der Waals surface area contributed by atoms with E-state index >= 15 is 0 Å². The highest BCUT2D eigenvalue weighted by atomic mass is 16.3. The number of aryl methyl sites for hydroxylation is 1. The van der Waals surface area contributed by atoms with E-state index in [9.17, 15) is 9.90 Å². The summed E-state index contributed by atoms with van der Waals surface area (Å²) in [6.45, 7) is 8.59. The van der Waals surface area contributed by atoms with Gasteiger partial charge in [-0.25, -0.2) is 0 Å². The highest BCUT2D eigenvalue weighted by Gasteiger charge is 2.23. The lowest BCUT2D eigenvalue weighted by atomic mass is 10.1. The monoisotopic (exact) mass is 310 g/mol. The van der Waals surface area contributed by atoms with Crippen LogP contribution in [0.2, 0.25) is 0 Å². The molecule has 6 nitrogen and oxygen atoms in total. The largest absolute Gasteiger partial charge is 0.387 e. The van der Waals surface area contributed by atoms with Crippen molar-refractivity contribution in [1.82, 2.24) is 20.0 Å². The Kier molecular flexibility index (Phi) is 6.56. The fraction of sp³-hybridized carbons (Fsp3) is 0.750. The third kappa shape index (κ3) is 5.10. The first-order chi connectivity index (χ1) is 10.2. The van der Waals surface area contributed by atoms with Gasteiger partial charge in [-0.05, 0) is 46.9 Å². The molecule has 22 heavy (non-hydrogen) atoms. The highest BCUT2D eigenvalue weighted by molar-refractivity contribution is 5.92. The number of nitrogens with one attached hydrogen (secondary N) is 1. The number of hydrogen-bond donors (Lipinski definition) is 2. The van der Waals surface area contributed by atoms with Gasteiger partial charge in [-0.1, -0.05) is 13.8 Å². The van der Waals surface area contributed by atoms with Crippen molar-refractivity contribution in [2.75, 3.05) is 27.2 Å².